The van der Waals surface area contributed by atoms with Gasteiger partial charge in [0.15, 0.2) is 0 Å². The highest BCUT2D eigenvalue weighted by Crippen LogP contribution is 2.13. The zero-order chi connectivity index (χ0) is 12.3. The molecule has 1 aromatic carbocycles. The van der Waals surface area contributed by atoms with Gasteiger partial charge in [-0.25, -0.2) is 8.78 Å². The second kappa shape index (κ2) is 4.91. The number of nitrogens with one attached hydrogen (secondary N) is 1. The molecule has 0 bridgehead atoms. The highest BCUT2D eigenvalue weighted by Gasteiger charge is 2.03. The number of hydrogen-bond donors (Lipinski definition) is 1. The lowest BCUT2D eigenvalue weighted by Crippen LogP contribution is -2.02. The molecule has 0 fully saturated rings. The molecule has 1 aromatic heterocycles. The minimum atomic E-state index is -0.564. The number of aromatic nitrogens is 1. The van der Waals surface area contributed by atoms with Gasteiger partial charge in [-0.15, -0.1) is 0 Å². The van der Waals surface area contributed by atoms with E-state index in [2.05, 4.69) is 10.3 Å². The van der Waals surface area contributed by atoms with Gasteiger partial charge < -0.3 is 5.32 Å². The summed E-state index contributed by atoms with van der Waals surface area (Å²) >= 11 is 0. The number of halogens is 2. The van der Waals surface area contributed by atoms with E-state index in [0.717, 1.165) is 17.4 Å². The van der Waals surface area contributed by atoms with Crippen molar-refractivity contribution in [1.82, 2.24) is 4.98 Å². The van der Waals surface area contributed by atoms with Gasteiger partial charge in [-0.1, -0.05) is 6.07 Å². The Morgan fingerprint density at radius 3 is 2.71 bits per heavy atom. The summed E-state index contributed by atoms with van der Waals surface area (Å²) in [5.41, 5.74) is 2.18. The van der Waals surface area contributed by atoms with Crippen LogP contribution in [0, 0.1) is 18.6 Å². The monoisotopic (exact) mass is 234 g/mol. The molecule has 4 heteroatoms. The normalized spacial score (nSPS) is 10.3. The third kappa shape index (κ3) is 3.00. The molecule has 0 saturated carbocycles. The van der Waals surface area contributed by atoms with Gasteiger partial charge in [-0.05, 0) is 25.1 Å². The smallest absolute Gasteiger partial charge is 0.131 e. The van der Waals surface area contributed by atoms with Crippen LogP contribution in [0.25, 0.3) is 0 Å². The molecule has 2 nitrogen and oxygen atoms in total. The van der Waals surface area contributed by atoms with Crippen molar-refractivity contribution in [2.75, 3.05) is 5.32 Å². The van der Waals surface area contributed by atoms with Gasteiger partial charge in [0.1, 0.15) is 11.6 Å². The molecular formula is C13H12F2N2. The topological polar surface area (TPSA) is 24.9 Å². The SMILES string of the molecule is Cc1cc(NCc2ccc(F)cc2F)ccn1. The zero-order valence-corrected chi connectivity index (χ0v) is 9.37. The highest BCUT2D eigenvalue weighted by atomic mass is 19.1. The summed E-state index contributed by atoms with van der Waals surface area (Å²) < 4.78 is 26.0. The molecule has 0 aliphatic heterocycles. The molecule has 0 unspecified atom stereocenters. The van der Waals surface area contributed by atoms with Gasteiger partial charge in [0.05, 0.1) is 0 Å². The van der Waals surface area contributed by atoms with E-state index in [4.69, 9.17) is 0 Å². The van der Waals surface area contributed by atoms with Gasteiger partial charge >= 0.3 is 0 Å². The van der Waals surface area contributed by atoms with E-state index < -0.39 is 11.6 Å². The van der Waals surface area contributed by atoms with Gasteiger partial charge in [-0.2, -0.15) is 0 Å². The minimum absolute atomic E-state index is 0.315. The maximum Gasteiger partial charge on any atom is 0.131 e. The minimum Gasteiger partial charge on any atom is -0.381 e. The van der Waals surface area contributed by atoms with Gasteiger partial charge in [-0.3, -0.25) is 4.98 Å². The Morgan fingerprint density at radius 2 is 2.00 bits per heavy atom. The van der Waals surface area contributed by atoms with E-state index >= 15 is 0 Å². The molecule has 2 aromatic rings. The fraction of sp³-hybridized carbons (Fsp3) is 0.154. The maximum absolute atomic E-state index is 13.3. The molecule has 0 spiro atoms. The van der Waals surface area contributed by atoms with Crippen molar-refractivity contribution in [3.8, 4) is 0 Å². The van der Waals surface area contributed by atoms with Crippen molar-refractivity contribution in [2.45, 2.75) is 13.5 Å². The van der Waals surface area contributed by atoms with Gasteiger partial charge in [0, 0.05) is 35.8 Å². The van der Waals surface area contributed by atoms with Crippen LogP contribution in [-0.4, -0.2) is 4.98 Å². The quantitative estimate of drug-likeness (QED) is 0.881. The van der Waals surface area contributed by atoms with Crippen molar-refractivity contribution in [3.63, 3.8) is 0 Å². The summed E-state index contributed by atoms with van der Waals surface area (Å²) in [6.45, 7) is 2.19. The third-order valence-electron chi connectivity index (χ3n) is 2.39. The molecule has 2 rings (SSSR count). The number of pyridine rings is 1. The van der Waals surface area contributed by atoms with Crippen molar-refractivity contribution >= 4 is 5.69 Å². The summed E-state index contributed by atoms with van der Waals surface area (Å²) in [5, 5.41) is 3.06. The number of hydrogen-bond acceptors (Lipinski definition) is 2. The second-order valence-corrected chi connectivity index (χ2v) is 3.78. The van der Waals surface area contributed by atoms with Crippen molar-refractivity contribution in [2.24, 2.45) is 0 Å². The Bertz CT molecular complexity index is 527. The van der Waals surface area contributed by atoms with Gasteiger partial charge in [0.25, 0.3) is 0 Å². The first-order chi connectivity index (χ1) is 8.15. The standard InChI is InChI=1S/C13H12F2N2/c1-9-6-12(4-5-16-9)17-8-10-2-3-11(14)7-13(10)15/h2-7H,8H2,1H3,(H,16,17). The molecule has 0 amide bonds. The van der Waals surface area contributed by atoms with E-state index in [0.29, 0.717) is 12.1 Å². The molecule has 0 saturated heterocycles. The first kappa shape index (κ1) is 11.5. The number of aryl methyl sites for hydroxylation is 1. The summed E-state index contributed by atoms with van der Waals surface area (Å²) in [5.74, 6) is -1.10. The lowest BCUT2D eigenvalue weighted by Gasteiger charge is -2.07. The Labute approximate surface area is 98.3 Å². The number of nitrogens with zero attached hydrogens (tertiary/aromatic N) is 1. The number of rotatable bonds is 3. The second-order valence-electron chi connectivity index (χ2n) is 3.78. The number of anilines is 1. The molecule has 88 valence electrons. The molecule has 1 N–H and O–H groups in total. The molecule has 0 atom stereocenters. The third-order valence-corrected chi connectivity index (χ3v) is 2.39. The summed E-state index contributed by atoms with van der Waals surface area (Å²) in [6, 6.07) is 7.23. The van der Waals surface area contributed by atoms with Crippen LogP contribution in [0.15, 0.2) is 36.5 Å². The van der Waals surface area contributed by atoms with Crippen LogP contribution in [0.1, 0.15) is 11.3 Å². The maximum atomic E-state index is 13.3. The molecule has 17 heavy (non-hydrogen) atoms. The largest absolute Gasteiger partial charge is 0.381 e. The van der Waals surface area contributed by atoms with Gasteiger partial charge in [0.2, 0.25) is 0 Å². The molecular weight excluding hydrogens is 222 g/mol. The lowest BCUT2D eigenvalue weighted by molar-refractivity contribution is 0.574. The zero-order valence-electron chi connectivity index (χ0n) is 9.37. The van der Waals surface area contributed by atoms with Crippen LogP contribution in [0.3, 0.4) is 0 Å². The fourth-order valence-electron chi connectivity index (χ4n) is 1.52. The highest BCUT2D eigenvalue weighted by molar-refractivity contribution is 5.43. The average molecular weight is 234 g/mol. The van der Waals surface area contributed by atoms with E-state index in [9.17, 15) is 8.78 Å². The Balaban J connectivity index is 2.07. The molecule has 0 radical (unpaired) electrons. The van der Waals surface area contributed by atoms with E-state index in [1.165, 1.54) is 12.1 Å². The van der Waals surface area contributed by atoms with Crippen LogP contribution >= 0.6 is 0 Å². The van der Waals surface area contributed by atoms with E-state index in [1.54, 1.807) is 12.3 Å². The van der Waals surface area contributed by atoms with E-state index in [-0.39, 0.29) is 0 Å². The van der Waals surface area contributed by atoms with Crippen LogP contribution in [0.2, 0.25) is 0 Å². The first-order valence-electron chi connectivity index (χ1n) is 5.25. The van der Waals surface area contributed by atoms with Crippen molar-refractivity contribution in [1.29, 1.82) is 0 Å². The fourth-order valence-corrected chi connectivity index (χ4v) is 1.52. The number of benzene rings is 1. The Morgan fingerprint density at radius 1 is 1.18 bits per heavy atom. The van der Waals surface area contributed by atoms with Crippen molar-refractivity contribution < 1.29 is 8.78 Å². The average Bonchev–Trinajstić information content (AvgIpc) is 2.28. The molecule has 1 heterocycles. The molecule has 0 aliphatic carbocycles. The Kier molecular flexibility index (Phi) is 3.32. The first-order valence-corrected chi connectivity index (χ1v) is 5.25. The molecule has 0 aliphatic rings. The summed E-state index contributed by atoms with van der Waals surface area (Å²) in [7, 11) is 0. The van der Waals surface area contributed by atoms with Crippen molar-refractivity contribution in [3.05, 3.63) is 59.4 Å². The predicted octanol–water partition coefficient (Wildman–Crippen LogP) is 3.28. The summed E-state index contributed by atoms with van der Waals surface area (Å²) in [6.07, 6.45) is 1.68. The van der Waals surface area contributed by atoms with Crippen LogP contribution < -0.4 is 5.32 Å². The predicted molar refractivity (Wildman–Crippen MR) is 62.7 cm³/mol. The Hall–Kier alpha value is -1.97. The van der Waals surface area contributed by atoms with E-state index in [1.807, 2.05) is 13.0 Å². The van der Waals surface area contributed by atoms with Crippen LogP contribution in [0.4, 0.5) is 14.5 Å². The lowest BCUT2D eigenvalue weighted by atomic mass is 10.2. The summed E-state index contributed by atoms with van der Waals surface area (Å²) in [4.78, 5) is 4.06. The van der Waals surface area contributed by atoms with Crippen LogP contribution in [0.5, 0.6) is 0 Å². The van der Waals surface area contributed by atoms with Crippen LogP contribution in [-0.2, 0) is 6.54 Å².